The van der Waals surface area contributed by atoms with Gasteiger partial charge >= 0.3 is 194 Å². The summed E-state index contributed by atoms with van der Waals surface area (Å²) in [4.78, 5) is 0. The minimum atomic E-state index is -2.92. The molecule has 0 bridgehead atoms. The van der Waals surface area contributed by atoms with Gasteiger partial charge in [0, 0.05) is 0 Å². The van der Waals surface area contributed by atoms with Crippen LogP contribution >= 0.6 is 24.8 Å². The quantitative estimate of drug-likeness (QED) is 0.282. The molecule has 171 valence electrons. The summed E-state index contributed by atoms with van der Waals surface area (Å²) in [5.74, 6) is 0. The van der Waals surface area contributed by atoms with Gasteiger partial charge in [-0.1, -0.05) is 0 Å². The molecule has 2 aliphatic rings. The smallest absolute Gasteiger partial charge is 0.147 e. The minimum Gasteiger partial charge on any atom is -0.147 e. The summed E-state index contributed by atoms with van der Waals surface area (Å²) in [6.07, 6.45) is 5.01. The van der Waals surface area contributed by atoms with Crippen molar-refractivity contribution in [2.45, 2.75) is 39.1 Å². The molecule has 0 saturated heterocycles. The zero-order valence-corrected chi connectivity index (χ0v) is 25.4. The van der Waals surface area contributed by atoms with Gasteiger partial charge in [-0.25, -0.2) is 0 Å². The fraction of sp³-hybridized carbons (Fsp3) is 0.241. The number of halogens is 2. The number of fused-ring (bicyclic) bond motifs is 2. The van der Waals surface area contributed by atoms with E-state index in [9.17, 15) is 0 Å². The van der Waals surface area contributed by atoms with Crippen molar-refractivity contribution < 1.29 is 18.9 Å². The van der Waals surface area contributed by atoms with Gasteiger partial charge in [0.05, 0.1) is 0 Å². The minimum absolute atomic E-state index is 0. The first-order chi connectivity index (χ1) is 14.9. The average Bonchev–Trinajstić information content (AvgIpc) is 3.27. The number of hydrogen-bond acceptors (Lipinski definition) is 0. The Bertz CT molecular complexity index is 1210. The van der Waals surface area contributed by atoms with Gasteiger partial charge in [0.2, 0.25) is 0 Å². The van der Waals surface area contributed by atoms with Crippen molar-refractivity contribution in [1.29, 1.82) is 0 Å². The molecule has 0 radical (unpaired) electrons. The van der Waals surface area contributed by atoms with Crippen LogP contribution < -0.4 is 0 Å². The SMILES string of the molecule is CC1=Cc2c(C)cccc2[CH]1[Zr](=[SiH2])([CH2]c1ccccc1)[CH]1C(C)=Cc2c(C)cccc21.Cl.Cl. The van der Waals surface area contributed by atoms with E-state index in [1.165, 1.54) is 31.9 Å². The molecule has 0 saturated carbocycles. The van der Waals surface area contributed by atoms with Crippen LogP contribution in [0.25, 0.3) is 12.2 Å². The van der Waals surface area contributed by atoms with Crippen molar-refractivity contribution in [3.63, 3.8) is 0 Å². The molecule has 0 nitrogen and oxygen atoms in total. The molecule has 0 spiro atoms. The molecule has 2 aliphatic carbocycles. The maximum Gasteiger partial charge on any atom is -0.147 e. The van der Waals surface area contributed by atoms with E-state index in [0.29, 0.717) is 7.25 Å². The molecular weight excluding hydrogens is 539 g/mol. The molecule has 0 heterocycles. The van der Waals surface area contributed by atoms with Gasteiger partial charge in [-0.3, -0.25) is 0 Å². The van der Waals surface area contributed by atoms with Crippen LogP contribution in [0, 0.1) is 13.8 Å². The topological polar surface area (TPSA) is 0 Å². The second-order valence-corrected chi connectivity index (χ2v) is 27.3. The zero-order valence-electron chi connectivity index (χ0n) is 19.9. The Labute approximate surface area is 217 Å². The fourth-order valence-electron chi connectivity index (χ4n) is 6.29. The van der Waals surface area contributed by atoms with E-state index in [0.717, 1.165) is 0 Å². The molecule has 0 N–H and O–H groups in total. The van der Waals surface area contributed by atoms with Crippen LogP contribution in [0.4, 0.5) is 0 Å². The third-order valence-electron chi connectivity index (χ3n) is 7.52. The number of aryl methyl sites for hydroxylation is 2. The van der Waals surface area contributed by atoms with E-state index in [1.807, 2.05) is 0 Å². The van der Waals surface area contributed by atoms with Crippen LogP contribution in [-0.2, 0) is 23.0 Å². The Morgan fingerprint density at radius 2 is 1.09 bits per heavy atom. The third kappa shape index (κ3) is 4.45. The van der Waals surface area contributed by atoms with Gasteiger partial charge in [0.15, 0.2) is 0 Å². The summed E-state index contributed by atoms with van der Waals surface area (Å²) >= 11 is -2.92. The molecule has 0 aromatic heterocycles. The first-order valence-corrected chi connectivity index (χ1v) is 21.8. The Morgan fingerprint density at radius 1 is 0.636 bits per heavy atom. The van der Waals surface area contributed by atoms with E-state index in [2.05, 4.69) is 113 Å². The van der Waals surface area contributed by atoms with E-state index in [1.54, 1.807) is 22.3 Å². The molecular formula is C29H33Cl2SiZr. The van der Waals surface area contributed by atoms with Gasteiger partial charge < -0.3 is 0 Å². The Morgan fingerprint density at radius 3 is 1.55 bits per heavy atom. The van der Waals surface area contributed by atoms with E-state index in [4.69, 9.17) is 0 Å². The van der Waals surface area contributed by atoms with Crippen molar-refractivity contribution in [3.05, 3.63) is 117 Å². The van der Waals surface area contributed by atoms with Crippen molar-refractivity contribution in [2.24, 2.45) is 0 Å². The predicted molar refractivity (Wildman–Crippen MR) is 148 cm³/mol. The largest absolute Gasteiger partial charge is 0.147 e. The van der Waals surface area contributed by atoms with Crippen LogP contribution in [0.1, 0.15) is 60.0 Å². The second kappa shape index (κ2) is 10.2. The van der Waals surface area contributed by atoms with Gasteiger partial charge in [0.1, 0.15) is 0 Å². The van der Waals surface area contributed by atoms with E-state index in [-0.39, 0.29) is 24.8 Å². The average molecular weight is 572 g/mol. The standard InChI is InChI=1S/2C11H11.C7H7.2ClH.H2Si.Zr/c2*1-8-6-10-5-3-4-9(2)11(10)7-8;1-7-5-3-2-4-6-7;;;;/h2*3-7H,1-2H3;2-6H,1H2;2*1H;1H2;. The van der Waals surface area contributed by atoms with Crippen molar-refractivity contribution >= 4 is 43.8 Å². The Balaban J connectivity index is 0.00000153. The summed E-state index contributed by atoms with van der Waals surface area (Å²) in [7, 11) is 0. The van der Waals surface area contributed by atoms with Crippen LogP contribution in [-0.4, -0.2) is 6.88 Å². The summed E-state index contributed by atoms with van der Waals surface area (Å²) < 4.78 is 2.53. The molecule has 4 heteroatoms. The van der Waals surface area contributed by atoms with Crippen molar-refractivity contribution in [3.8, 4) is 0 Å². The summed E-state index contributed by atoms with van der Waals surface area (Å²) in [6.45, 7) is 11.8. The molecule has 3 aromatic carbocycles. The maximum absolute atomic E-state index is 2.92. The van der Waals surface area contributed by atoms with Gasteiger partial charge in [-0.05, 0) is 0 Å². The van der Waals surface area contributed by atoms with Gasteiger partial charge in [0.25, 0.3) is 0 Å². The normalized spacial score (nSPS) is 19.9. The molecule has 2 unspecified atom stereocenters. The summed E-state index contributed by atoms with van der Waals surface area (Å²) in [5, 5.41) is 0. The summed E-state index contributed by atoms with van der Waals surface area (Å²) in [5.41, 5.74) is 13.8. The molecule has 2 atom stereocenters. The fourth-order valence-corrected chi connectivity index (χ4v) is 27.8. The van der Waals surface area contributed by atoms with Crippen LogP contribution in [0.2, 0.25) is 0 Å². The first-order valence-electron chi connectivity index (χ1n) is 11.3. The third-order valence-corrected chi connectivity index (χ3v) is 25.9. The van der Waals surface area contributed by atoms with Crippen LogP contribution in [0.15, 0.2) is 77.9 Å². The number of hydrogen-bond donors (Lipinski definition) is 0. The molecule has 0 aliphatic heterocycles. The Kier molecular flexibility index (Phi) is 8.17. The maximum atomic E-state index is 2.51. The number of allylic oxidation sites excluding steroid dienone is 2. The van der Waals surface area contributed by atoms with Crippen molar-refractivity contribution in [2.75, 3.05) is 0 Å². The first kappa shape index (κ1) is 26.4. The van der Waals surface area contributed by atoms with Crippen LogP contribution in [0.5, 0.6) is 0 Å². The van der Waals surface area contributed by atoms with Crippen molar-refractivity contribution in [1.82, 2.24) is 0 Å². The molecule has 33 heavy (non-hydrogen) atoms. The van der Waals surface area contributed by atoms with Gasteiger partial charge in [-0.2, -0.15) is 0 Å². The molecule has 3 aromatic rings. The molecule has 5 rings (SSSR count). The number of rotatable bonds is 4. The summed E-state index contributed by atoms with van der Waals surface area (Å²) in [6, 6.07) is 25.3. The van der Waals surface area contributed by atoms with E-state index < -0.39 is 18.9 Å². The molecule has 0 fully saturated rings. The number of benzene rings is 3. The molecule has 0 amide bonds. The second-order valence-electron chi connectivity index (χ2n) is 9.69. The van der Waals surface area contributed by atoms with Gasteiger partial charge in [-0.15, -0.1) is 24.8 Å². The van der Waals surface area contributed by atoms with E-state index >= 15 is 0 Å². The monoisotopic (exact) mass is 569 g/mol. The predicted octanol–water partition coefficient (Wildman–Crippen LogP) is 7.67. The zero-order chi connectivity index (χ0) is 21.8. The Hall–Kier alpha value is -1.18. The van der Waals surface area contributed by atoms with Crippen LogP contribution in [0.3, 0.4) is 0 Å².